The molecule has 214 valence electrons. The van der Waals surface area contributed by atoms with Crippen molar-refractivity contribution in [2.24, 2.45) is 9.98 Å². The quantitative estimate of drug-likeness (QED) is 0.401. The SMILES string of the molecule is CC(C)c1ccc(NC(=O)CSC2=Nc3ccccc3C3=N[C@H](CC(=O)NCc4ccc5c(c4)OCO5)C(=O)N23)cc1. The minimum Gasteiger partial charge on any atom is -0.454 e. The minimum atomic E-state index is -0.901. The van der Waals surface area contributed by atoms with E-state index in [0.29, 0.717) is 45.4 Å². The van der Waals surface area contributed by atoms with Crippen LogP contribution in [0.25, 0.3) is 0 Å². The van der Waals surface area contributed by atoms with Crippen molar-refractivity contribution in [3.8, 4) is 11.5 Å². The van der Waals surface area contributed by atoms with E-state index >= 15 is 0 Å². The number of thioether (sulfide) groups is 1. The lowest BCUT2D eigenvalue weighted by molar-refractivity contribution is -0.128. The Bertz CT molecular complexity index is 1620. The van der Waals surface area contributed by atoms with Crippen LogP contribution in [-0.4, -0.2) is 52.2 Å². The van der Waals surface area contributed by atoms with E-state index in [1.165, 1.54) is 10.5 Å². The molecule has 0 aromatic heterocycles. The van der Waals surface area contributed by atoms with Crippen LogP contribution in [0.5, 0.6) is 11.5 Å². The number of carbonyl (C=O) groups is 3. The molecule has 0 saturated carbocycles. The van der Waals surface area contributed by atoms with Gasteiger partial charge < -0.3 is 20.1 Å². The molecule has 3 amide bonds. The van der Waals surface area contributed by atoms with Gasteiger partial charge in [-0.15, -0.1) is 0 Å². The van der Waals surface area contributed by atoms with Gasteiger partial charge in [0.2, 0.25) is 18.6 Å². The van der Waals surface area contributed by atoms with E-state index in [0.717, 1.165) is 17.3 Å². The fraction of sp³-hybridized carbons (Fsp3) is 0.258. The Morgan fingerprint density at radius 3 is 2.62 bits per heavy atom. The molecule has 3 aromatic rings. The molecule has 10 nitrogen and oxygen atoms in total. The number of hydrogen-bond acceptors (Lipinski definition) is 8. The molecule has 2 N–H and O–H groups in total. The van der Waals surface area contributed by atoms with Crippen LogP contribution in [0.1, 0.15) is 42.9 Å². The van der Waals surface area contributed by atoms with Crippen molar-refractivity contribution < 1.29 is 23.9 Å². The average molecular weight is 584 g/mol. The number of nitrogens with zero attached hydrogens (tertiary/aromatic N) is 3. The van der Waals surface area contributed by atoms with Crippen LogP contribution in [0, 0.1) is 0 Å². The molecule has 0 radical (unpaired) electrons. The predicted octanol–water partition coefficient (Wildman–Crippen LogP) is 4.58. The van der Waals surface area contributed by atoms with Crippen LogP contribution < -0.4 is 20.1 Å². The number of anilines is 1. The standard InChI is InChI=1S/C31H29N5O5S/c1-18(2)20-8-10-21(11-9-20)33-28(38)16-42-31-35-23-6-4-3-5-22(23)29-34-24(30(39)36(29)31)14-27(37)32-15-19-7-12-25-26(13-19)41-17-40-25/h3-13,18,24H,14-17H2,1-2H3,(H,32,37)(H,33,38)/t24-/m1/s1. The van der Waals surface area contributed by atoms with E-state index < -0.39 is 6.04 Å². The molecular weight excluding hydrogens is 554 g/mol. The smallest absolute Gasteiger partial charge is 0.259 e. The summed E-state index contributed by atoms with van der Waals surface area (Å²) in [5, 5.41) is 6.11. The van der Waals surface area contributed by atoms with Gasteiger partial charge in [0.15, 0.2) is 16.7 Å². The monoisotopic (exact) mass is 583 g/mol. The lowest BCUT2D eigenvalue weighted by Gasteiger charge is -2.25. The minimum absolute atomic E-state index is 0.0463. The van der Waals surface area contributed by atoms with Gasteiger partial charge in [-0.2, -0.15) is 0 Å². The highest BCUT2D eigenvalue weighted by atomic mass is 32.2. The second kappa shape index (κ2) is 11.7. The molecule has 0 bridgehead atoms. The second-order valence-corrected chi connectivity index (χ2v) is 11.3. The highest BCUT2D eigenvalue weighted by molar-refractivity contribution is 8.14. The maximum atomic E-state index is 13.5. The van der Waals surface area contributed by atoms with Crippen LogP contribution in [0.15, 0.2) is 76.7 Å². The van der Waals surface area contributed by atoms with Crippen molar-refractivity contribution >= 4 is 51.9 Å². The van der Waals surface area contributed by atoms with Gasteiger partial charge in [-0.3, -0.25) is 19.4 Å². The first-order valence-electron chi connectivity index (χ1n) is 13.6. The fourth-order valence-corrected chi connectivity index (χ4v) is 5.61. The maximum absolute atomic E-state index is 13.5. The van der Waals surface area contributed by atoms with Gasteiger partial charge >= 0.3 is 0 Å². The van der Waals surface area contributed by atoms with Crippen LogP contribution in [0.2, 0.25) is 0 Å². The molecule has 1 atom stereocenters. The summed E-state index contributed by atoms with van der Waals surface area (Å²) < 4.78 is 10.7. The first-order valence-corrected chi connectivity index (χ1v) is 14.6. The van der Waals surface area contributed by atoms with E-state index in [1.807, 2.05) is 60.7 Å². The average Bonchev–Trinajstić information content (AvgIpc) is 3.59. The largest absolute Gasteiger partial charge is 0.454 e. The Hall–Kier alpha value is -4.64. The summed E-state index contributed by atoms with van der Waals surface area (Å²) in [6.07, 6.45) is -0.115. The molecule has 3 aliphatic heterocycles. The summed E-state index contributed by atoms with van der Waals surface area (Å²) in [5.41, 5.74) is 4.09. The van der Waals surface area contributed by atoms with E-state index in [-0.39, 0.29) is 43.2 Å². The number of amidine groups is 2. The zero-order chi connectivity index (χ0) is 29.2. The molecule has 11 heteroatoms. The van der Waals surface area contributed by atoms with Crippen LogP contribution in [0.3, 0.4) is 0 Å². The number of hydrogen-bond donors (Lipinski definition) is 2. The number of aliphatic imine (C=N–C) groups is 2. The number of nitrogens with one attached hydrogen (secondary N) is 2. The van der Waals surface area contributed by atoms with Crippen LogP contribution >= 0.6 is 11.8 Å². The Labute approximate surface area is 247 Å². The molecule has 0 fully saturated rings. The van der Waals surface area contributed by atoms with Crippen molar-refractivity contribution in [2.45, 2.75) is 38.8 Å². The Balaban J connectivity index is 1.11. The van der Waals surface area contributed by atoms with Gasteiger partial charge in [-0.05, 0) is 53.4 Å². The molecule has 3 aliphatic rings. The third-order valence-electron chi connectivity index (χ3n) is 7.05. The molecule has 42 heavy (non-hydrogen) atoms. The third kappa shape index (κ3) is 5.73. The number of ether oxygens (including phenoxy) is 2. The molecule has 3 aromatic carbocycles. The number of carbonyl (C=O) groups excluding carboxylic acids is 3. The Kier molecular flexibility index (Phi) is 7.66. The van der Waals surface area contributed by atoms with Crippen molar-refractivity contribution in [3.63, 3.8) is 0 Å². The van der Waals surface area contributed by atoms with Gasteiger partial charge in [-0.1, -0.05) is 55.9 Å². The van der Waals surface area contributed by atoms with Crippen molar-refractivity contribution in [2.75, 3.05) is 17.9 Å². The first kappa shape index (κ1) is 27.5. The van der Waals surface area contributed by atoms with Gasteiger partial charge in [0.1, 0.15) is 11.9 Å². The van der Waals surface area contributed by atoms with E-state index in [9.17, 15) is 14.4 Å². The summed E-state index contributed by atoms with van der Waals surface area (Å²) in [7, 11) is 0. The highest BCUT2D eigenvalue weighted by Crippen LogP contribution is 2.35. The predicted molar refractivity (Wildman–Crippen MR) is 161 cm³/mol. The summed E-state index contributed by atoms with van der Waals surface area (Å²) in [4.78, 5) is 49.9. The number of fused-ring (bicyclic) bond motifs is 4. The molecule has 0 spiro atoms. The zero-order valence-corrected chi connectivity index (χ0v) is 23.9. The molecule has 3 heterocycles. The molecule has 0 saturated heterocycles. The van der Waals surface area contributed by atoms with Crippen molar-refractivity contribution in [1.82, 2.24) is 10.2 Å². The van der Waals surface area contributed by atoms with Gasteiger partial charge in [-0.25, -0.2) is 9.89 Å². The third-order valence-corrected chi connectivity index (χ3v) is 7.99. The van der Waals surface area contributed by atoms with Gasteiger partial charge in [0.25, 0.3) is 5.91 Å². The summed E-state index contributed by atoms with van der Waals surface area (Å²) >= 11 is 1.15. The van der Waals surface area contributed by atoms with Crippen molar-refractivity contribution in [3.05, 3.63) is 83.4 Å². The zero-order valence-electron chi connectivity index (χ0n) is 23.1. The highest BCUT2D eigenvalue weighted by Gasteiger charge is 2.42. The normalized spacial score (nSPS) is 16.5. The lowest BCUT2D eigenvalue weighted by atomic mass is 10.0. The first-order chi connectivity index (χ1) is 20.4. The summed E-state index contributed by atoms with van der Waals surface area (Å²) in [6, 6.07) is 19.7. The topological polar surface area (TPSA) is 122 Å². The van der Waals surface area contributed by atoms with Crippen LogP contribution in [0.4, 0.5) is 11.4 Å². The Morgan fingerprint density at radius 1 is 1.02 bits per heavy atom. The molecule has 6 rings (SSSR count). The number of rotatable bonds is 8. The summed E-state index contributed by atoms with van der Waals surface area (Å²) in [6.45, 7) is 4.68. The van der Waals surface area contributed by atoms with Gasteiger partial charge in [0.05, 0.1) is 17.9 Å². The van der Waals surface area contributed by atoms with Gasteiger partial charge in [0, 0.05) is 17.8 Å². The molecule has 0 aliphatic carbocycles. The van der Waals surface area contributed by atoms with E-state index in [4.69, 9.17) is 9.47 Å². The molecular formula is C31H29N5O5S. The van der Waals surface area contributed by atoms with E-state index in [2.05, 4.69) is 34.5 Å². The fourth-order valence-electron chi connectivity index (χ4n) is 4.81. The maximum Gasteiger partial charge on any atom is 0.259 e. The number of amides is 3. The number of benzene rings is 3. The lowest BCUT2D eigenvalue weighted by Crippen LogP contribution is -2.42. The second-order valence-electron chi connectivity index (χ2n) is 10.3. The number of para-hydroxylation sites is 1. The summed E-state index contributed by atoms with van der Waals surface area (Å²) in [5.74, 6) is 1.31. The van der Waals surface area contributed by atoms with Crippen LogP contribution in [-0.2, 0) is 20.9 Å². The Morgan fingerprint density at radius 2 is 1.81 bits per heavy atom. The van der Waals surface area contributed by atoms with Crippen molar-refractivity contribution in [1.29, 1.82) is 0 Å². The molecule has 0 unspecified atom stereocenters. The van der Waals surface area contributed by atoms with E-state index in [1.54, 1.807) is 6.07 Å².